The van der Waals surface area contributed by atoms with E-state index >= 15 is 0 Å². The third kappa shape index (κ3) is 3.07. The van der Waals surface area contributed by atoms with Gasteiger partial charge in [0.1, 0.15) is 6.29 Å². The Hall–Kier alpha value is -2.18. The fourth-order valence-corrected chi connectivity index (χ4v) is 3.93. The molecule has 0 N–H and O–H groups in total. The van der Waals surface area contributed by atoms with E-state index in [9.17, 15) is 27.6 Å². The third-order valence-electron chi connectivity index (χ3n) is 5.29. The molecule has 1 aliphatic heterocycles. The van der Waals surface area contributed by atoms with Crippen molar-refractivity contribution in [3.63, 3.8) is 0 Å². The van der Waals surface area contributed by atoms with Crippen molar-refractivity contribution < 1.29 is 27.6 Å². The molecule has 1 saturated heterocycles. The summed E-state index contributed by atoms with van der Waals surface area (Å²) in [5, 5.41) is 0. The smallest absolute Gasteiger partial charge is 0.303 e. The summed E-state index contributed by atoms with van der Waals surface area (Å²) in [5.41, 5.74) is -1.89. The minimum Gasteiger partial charge on any atom is -0.303 e. The molecule has 0 radical (unpaired) electrons. The number of aldehydes is 1. The van der Waals surface area contributed by atoms with E-state index in [1.165, 1.54) is 12.1 Å². The predicted molar refractivity (Wildman–Crippen MR) is 83.6 cm³/mol. The average molecular weight is 353 g/mol. The Labute approximate surface area is 143 Å². The van der Waals surface area contributed by atoms with Gasteiger partial charge in [-0.3, -0.25) is 14.5 Å². The fourth-order valence-electron chi connectivity index (χ4n) is 3.93. The van der Waals surface area contributed by atoms with E-state index in [1.54, 1.807) is 0 Å². The molecule has 1 aromatic rings. The maximum absolute atomic E-state index is 12.9. The number of carbonyl (C=O) groups excluding carboxylic acids is 3. The molecule has 4 nitrogen and oxygen atoms in total. The van der Waals surface area contributed by atoms with Crippen LogP contribution in [0.4, 0.5) is 18.9 Å². The molecule has 0 spiro atoms. The van der Waals surface area contributed by atoms with Gasteiger partial charge in [-0.2, -0.15) is 13.2 Å². The number of hydrogen-bond donors (Lipinski definition) is 0. The van der Waals surface area contributed by atoms with E-state index in [0.29, 0.717) is 12.8 Å². The third-order valence-corrected chi connectivity index (χ3v) is 5.29. The second-order valence-corrected chi connectivity index (χ2v) is 6.78. The Bertz CT molecular complexity index is 708. The summed E-state index contributed by atoms with van der Waals surface area (Å²) >= 11 is 0. The molecule has 1 aliphatic carbocycles. The zero-order valence-corrected chi connectivity index (χ0v) is 13.5. The summed E-state index contributed by atoms with van der Waals surface area (Å²) in [5.74, 6) is -1.91. The lowest BCUT2D eigenvalue weighted by atomic mass is 9.66. The number of carbonyl (C=O) groups is 3. The van der Waals surface area contributed by atoms with Crippen molar-refractivity contribution in [2.75, 3.05) is 4.90 Å². The SMILES string of the molecule is O=CC1(C2CC(=O)N(c3cccc(C(F)(F)F)c3)C2=O)CCCCC1. The van der Waals surface area contributed by atoms with E-state index in [4.69, 9.17) is 0 Å². The minimum absolute atomic E-state index is 0.0933. The van der Waals surface area contributed by atoms with E-state index < -0.39 is 34.9 Å². The van der Waals surface area contributed by atoms with Crippen LogP contribution < -0.4 is 4.90 Å². The van der Waals surface area contributed by atoms with Crippen molar-refractivity contribution >= 4 is 23.8 Å². The number of hydrogen-bond acceptors (Lipinski definition) is 3. The first-order chi connectivity index (χ1) is 11.8. The minimum atomic E-state index is -4.56. The largest absolute Gasteiger partial charge is 0.416 e. The van der Waals surface area contributed by atoms with Gasteiger partial charge < -0.3 is 4.79 Å². The van der Waals surface area contributed by atoms with Gasteiger partial charge in [-0.15, -0.1) is 0 Å². The van der Waals surface area contributed by atoms with Gasteiger partial charge in [-0.1, -0.05) is 25.3 Å². The highest BCUT2D eigenvalue weighted by molar-refractivity contribution is 6.21. The van der Waals surface area contributed by atoms with Crippen molar-refractivity contribution in [1.29, 1.82) is 0 Å². The highest BCUT2D eigenvalue weighted by atomic mass is 19.4. The van der Waals surface area contributed by atoms with Gasteiger partial charge >= 0.3 is 6.18 Å². The maximum atomic E-state index is 12.9. The van der Waals surface area contributed by atoms with Crippen LogP contribution in [0.15, 0.2) is 24.3 Å². The van der Waals surface area contributed by atoms with Crippen molar-refractivity contribution in [2.24, 2.45) is 11.3 Å². The van der Waals surface area contributed by atoms with Gasteiger partial charge in [0, 0.05) is 11.8 Å². The standard InChI is InChI=1S/C18H18F3NO3/c19-18(20,21)12-5-4-6-13(9-12)22-15(24)10-14(16(22)25)17(11-23)7-2-1-3-8-17/h4-6,9,11,14H,1-3,7-8,10H2. The summed E-state index contributed by atoms with van der Waals surface area (Å²) in [4.78, 5) is 37.7. The van der Waals surface area contributed by atoms with Gasteiger partial charge in [-0.05, 0) is 31.0 Å². The quantitative estimate of drug-likeness (QED) is 0.614. The van der Waals surface area contributed by atoms with Crippen molar-refractivity contribution in [3.05, 3.63) is 29.8 Å². The number of rotatable bonds is 3. The Morgan fingerprint density at radius 3 is 2.40 bits per heavy atom. The van der Waals surface area contributed by atoms with Gasteiger partial charge in [0.15, 0.2) is 0 Å². The van der Waals surface area contributed by atoms with E-state index in [1.807, 2.05) is 0 Å². The summed E-state index contributed by atoms with van der Waals surface area (Å²) in [7, 11) is 0. The zero-order chi connectivity index (χ0) is 18.2. The van der Waals surface area contributed by atoms with Crippen LogP contribution in [0.3, 0.4) is 0 Å². The molecule has 1 heterocycles. The number of alkyl halides is 3. The molecule has 1 aromatic carbocycles. The molecule has 1 unspecified atom stereocenters. The van der Waals surface area contributed by atoms with Crippen LogP contribution in [-0.4, -0.2) is 18.1 Å². The topological polar surface area (TPSA) is 54.5 Å². The first-order valence-corrected chi connectivity index (χ1v) is 8.29. The molecule has 25 heavy (non-hydrogen) atoms. The lowest BCUT2D eigenvalue weighted by Gasteiger charge is -2.35. The number of halogens is 3. The van der Waals surface area contributed by atoms with Crippen LogP contribution in [-0.2, 0) is 20.6 Å². The number of imide groups is 1. The Morgan fingerprint density at radius 2 is 1.80 bits per heavy atom. The zero-order valence-electron chi connectivity index (χ0n) is 13.5. The molecule has 3 rings (SSSR count). The van der Waals surface area contributed by atoms with Crippen LogP contribution in [0.25, 0.3) is 0 Å². The number of benzene rings is 1. The van der Waals surface area contributed by atoms with Crippen LogP contribution in [0, 0.1) is 11.3 Å². The van der Waals surface area contributed by atoms with Crippen LogP contribution >= 0.6 is 0 Å². The highest BCUT2D eigenvalue weighted by Crippen LogP contribution is 2.46. The number of nitrogens with zero attached hydrogens (tertiary/aromatic N) is 1. The molecule has 1 atom stereocenters. The first kappa shape index (κ1) is 17.6. The second kappa shape index (κ2) is 6.28. The van der Waals surface area contributed by atoms with E-state index in [2.05, 4.69) is 0 Å². The van der Waals surface area contributed by atoms with E-state index in [-0.39, 0.29) is 12.1 Å². The van der Waals surface area contributed by atoms with Gasteiger partial charge in [0.2, 0.25) is 11.8 Å². The van der Waals surface area contributed by atoms with Crippen LogP contribution in [0.2, 0.25) is 0 Å². The second-order valence-electron chi connectivity index (χ2n) is 6.78. The Kier molecular flexibility index (Phi) is 4.43. The van der Waals surface area contributed by atoms with Crippen LogP contribution in [0.5, 0.6) is 0 Å². The molecule has 1 saturated carbocycles. The molecule has 0 bridgehead atoms. The van der Waals surface area contributed by atoms with Crippen molar-refractivity contribution in [3.8, 4) is 0 Å². The van der Waals surface area contributed by atoms with Crippen molar-refractivity contribution in [1.82, 2.24) is 0 Å². The number of anilines is 1. The number of amides is 2. The molecule has 2 fully saturated rings. The summed E-state index contributed by atoms with van der Waals surface area (Å²) in [6.07, 6.45) is -0.254. The predicted octanol–water partition coefficient (Wildman–Crippen LogP) is 3.73. The molecular formula is C18H18F3NO3. The normalized spacial score (nSPS) is 23.8. The average Bonchev–Trinajstić information content (AvgIpc) is 2.90. The first-order valence-electron chi connectivity index (χ1n) is 8.29. The molecule has 2 amide bonds. The molecular weight excluding hydrogens is 335 g/mol. The monoisotopic (exact) mass is 353 g/mol. The fraction of sp³-hybridized carbons (Fsp3) is 0.500. The van der Waals surface area contributed by atoms with Crippen LogP contribution in [0.1, 0.15) is 44.1 Å². The van der Waals surface area contributed by atoms with Gasteiger partial charge in [-0.25, -0.2) is 0 Å². The van der Waals surface area contributed by atoms with Crippen molar-refractivity contribution in [2.45, 2.75) is 44.7 Å². The lowest BCUT2D eigenvalue weighted by Crippen LogP contribution is -2.40. The Balaban J connectivity index is 1.93. The van der Waals surface area contributed by atoms with Gasteiger partial charge in [0.05, 0.1) is 17.2 Å². The Morgan fingerprint density at radius 1 is 1.12 bits per heavy atom. The van der Waals surface area contributed by atoms with Gasteiger partial charge in [0.25, 0.3) is 0 Å². The summed E-state index contributed by atoms with van der Waals surface area (Å²) < 4.78 is 38.7. The molecule has 0 aromatic heterocycles. The van der Waals surface area contributed by atoms with E-state index in [0.717, 1.165) is 42.6 Å². The molecule has 134 valence electrons. The molecule has 7 heteroatoms. The summed E-state index contributed by atoms with van der Waals surface area (Å²) in [6.45, 7) is 0. The lowest BCUT2D eigenvalue weighted by molar-refractivity contribution is -0.137. The molecule has 2 aliphatic rings. The highest BCUT2D eigenvalue weighted by Gasteiger charge is 2.52. The maximum Gasteiger partial charge on any atom is 0.416 e. The summed E-state index contributed by atoms with van der Waals surface area (Å²) in [6, 6.07) is 4.16.